The average Bonchev–Trinajstić information content (AvgIpc) is 2.98. The van der Waals surface area contributed by atoms with Crippen LogP contribution >= 0.6 is 11.6 Å². The van der Waals surface area contributed by atoms with Crippen molar-refractivity contribution in [2.24, 2.45) is 5.92 Å². The number of aromatic nitrogens is 3. The Kier molecular flexibility index (Phi) is 4.06. The van der Waals surface area contributed by atoms with Gasteiger partial charge in [0.05, 0.1) is 0 Å². The fourth-order valence-electron chi connectivity index (χ4n) is 2.50. The highest BCUT2D eigenvalue weighted by Gasteiger charge is 2.25. The molecule has 3 rings (SSSR count). The van der Waals surface area contributed by atoms with Crippen LogP contribution in [0, 0.1) is 5.92 Å². The second-order valence-electron chi connectivity index (χ2n) is 5.09. The molecule has 2 aromatic heterocycles. The molecule has 110 valence electrons. The topological polar surface area (TPSA) is 80.0 Å². The van der Waals surface area contributed by atoms with E-state index in [9.17, 15) is 0 Å². The van der Waals surface area contributed by atoms with E-state index in [0.717, 1.165) is 37.7 Å². The molecule has 0 amide bonds. The van der Waals surface area contributed by atoms with Gasteiger partial charge in [-0.1, -0.05) is 17.7 Å². The van der Waals surface area contributed by atoms with Gasteiger partial charge in [0.25, 0.3) is 0 Å². The molecule has 2 aromatic rings. The van der Waals surface area contributed by atoms with Crippen LogP contribution in [0.3, 0.4) is 0 Å². The van der Waals surface area contributed by atoms with Gasteiger partial charge in [-0.2, -0.15) is 0 Å². The summed E-state index contributed by atoms with van der Waals surface area (Å²) >= 11 is 6.18. The van der Waals surface area contributed by atoms with Crippen molar-refractivity contribution in [3.05, 3.63) is 35.7 Å². The molecule has 0 saturated carbocycles. The van der Waals surface area contributed by atoms with Crippen molar-refractivity contribution in [3.8, 4) is 0 Å². The monoisotopic (exact) mass is 304 g/mol. The number of pyridine rings is 1. The maximum Gasteiger partial charge on any atom is 0.153 e. The van der Waals surface area contributed by atoms with Crippen LogP contribution in [0.5, 0.6) is 0 Å². The molecule has 1 aliphatic rings. The van der Waals surface area contributed by atoms with Crippen LogP contribution in [0.25, 0.3) is 0 Å². The summed E-state index contributed by atoms with van der Waals surface area (Å²) in [5.74, 6) is 2.49. The molecule has 0 spiro atoms. The Morgan fingerprint density at radius 2 is 2.24 bits per heavy atom. The molecule has 1 saturated heterocycles. The minimum Gasteiger partial charge on any atom is -0.382 e. The summed E-state index contributed by atoms with van der Waals surface area (Å²) in [7, 11) is 0. The SMILES string of the molecule is Nc1ncnc(N2CC[C@H](CNc3ccccn3)C2)c1Cl. The second-order valence-corrected chi connectivity index (χ2v) is 5.47. The molecule has 0 unspecified atom stereocenters. The predicted molar refractivity (Wildman–Crippen MR) is 84.5 cm³/mol. The Hall–Kier alpha value is -2.08. The first-order valence-electron chi connectivity index (χ1n) is 6.90. The fraction of sp³-hybridized carbons (Fsp3) is 0.357. The van der Waals surface area contributed by atoms with Gasteiger partial charge in [0.15, 0.2) is 5.82 Å². The van der Waals surface area contributed by atoms with Crippen LogP contribution in [0.15, 0.2) is 30.7 Å². The number of nitrogens with zero attached hydrogens (tertiary/aromatic N) is 4. The van der Waals surface area contributed by atoms with Gasteiger partial charge < -0.3 is 16.0 Å². The van der Waals surface area contributed by atoms with E-state index in [1.54, 1.807) is 6.20 Å². The van der Waals surface area contributed by atoms with Gasteiger partial charge >= 0.3 is 0 Å². The fourth-order valence-corrected chi connectivity index (χ4v) is 2.72. The summed E-state index contributed by atoms with van der Waals surface area (Å²) < 4.78 is 0. The highest BCUT2D eigenvalue weighted by atomic mass is 35.5. The van der Waals surface area contributed by atoms with E-state index in [2.05, 4.69) is 25.2 Å². The number of hydrogen-bond acceptors (Lipinski definition) is 6. The van der Waals surface area contributed by atoms with Gasteiger partial charge in [-0.15, -0.1) is 0 Å². The number of anilines is 3. The van der Waals surface area contributed by atoms with Crippen molar-refractivity contribution in [1.82, 2.24) is 15.0 Å². The third kappa shape index (κ3) is 3.16. The minimum absolute atomic E-state index is 0.330. The van der Waals surface area contributed by atoms with Gasteiger partial charge in [0.2, 0.25) is 0 Å². The van der Waals surface area contributed by atoms with E-state index in [1.165, 1.54) is 6.33 Å². The van der Waals surface area contributed by atoms with Crippen molar-refractivity contribution in [1.29, 1.82) is 0 Å². The van der Waals surface area contributed by atoms with Crippen LogP contribution in [0.4, 0.5) is 17.5 Å². The van der Waals surface area contributed by atoms with Crippen LogP contribution in [-0.2, 0) is 0 Å². The van der Waals surface area contributed by atoms with E-state index in [4.69, 9.17) is 17.3 Å². The van der Waals surface area contributed by atoms with E-state index in [-0.39, 0.29) is 0 Å². The smallest absolute Gasteiger partial charge is 0.153 e. The summed E-state index contributed by atoms with van der Waals surface area (Å²) in [4.78, 5) is 14.6. The molecule has 0 bridgehead atoms. The number of nitrogens with one attached hydrogen (secondary N) is 1. The Balaban J connectivity index is 1.59. The van der Waals surface area contributed by atoms with Crippen molar-refractivity contribution < 1.29 is 0 Å². The maximum atomic E-state index is 6.18. The van der Waals surface area contributed by atoms with Gasteiger partial charge in [0, 0.05) is 25.8 Å². The van der Waals surface area contributed by atoms with Gasteiger partial charge in [-0.25, -0.2) is 15.0 Å². The molecule has 1 aliphatic heterocycles. The maximum absolute atomic E-state index is 6.18. The molecular formula is C14H17ClN6. The molecule has 1 atom stereocenters. The number of halogens is 1. The summed E-state index contributed by atoms with van der Waals surface area (Å²) in [6, 6.07) is 5.85. The molecule has 6 nitrogen and oxygen atoms in total. The average molecular weight is 305 g/mol. The Labute approximate surface area is 128 Å². The van der Waals surface area contributed by atoms with E-state index < -0.39 is 0 Å². The lowest BCUT2D eigenvalue weighted by atomic mass is 10.1. The lowest BCUT2D eigenvalue weighted by molar-refractivity contribution is 0.621. The Morgan fingerprint density at radius 3 is 3.05 bits per heavy atom. The Bertz CT molecular complexity index is 606. The second kappa shape index (κ2) is 6.13. The predicted octanol–water partition coefficient (Wildman–Crippen LogP) is 2.05. The van der Waals surface area contributed by atoms with Crippen molar-refractivity contribution >= 4 is 29.1 Å². The van der Waals surface area contributed by atoms with E-state index in [1.807, 2.05) is 18.2 Å². The normalized spacial score (nSPS) is 18.0. The summed E-state index contributed by atoms with van der Waals surface area (Å²) in [6.07, 6.45) is 4.32. The third-order valence-electron chi connectivity index (χ3n) is 3.62. The van der Waals surface area contributed by atoms with Crippen LogP contribution in [0.2, 0.25) is 5.02 Å². The number of rotatable bonds is 4. The lowest BCUT2D eigenvalue weighted by Gasteiger charge is -2.19. The van der Waals surface area contributed by atoms with Crippen molar-refractivity contribution in [2.45, 2.75) is 6.42 Å². The molecule has 0 aromatic carbocycles. The zero-order valence-electron chi connectivity index (χ0n) is 11.5. The summed E-state index contributed by atoms with van der Waals surface area (Å²) in [6.45, 7) is 2.70. The number of nitrogen functional groups attached to an aromatic ring is 1. The van der Waals surface area contributed by atoms with Crippen LogP contribution in [0.1, 0.15) is 6.42 Å². The Morgan fingerprint density at radius 1 is 1.33 bits per heavy atom. The summed E-state index contributed by atoms with van der Waals surface area (Å²) in [5, 5.41) is 3.80. The molecule has 0 radical (unpaired) electrons. The molecule has 21 heavy (non-hydrogen) atoms. The molecule has 3 N–H and O–H groups in total. The molecule has 1 fully saturated rings. The molecule has 3 heterocycles. The number of hydrogen-bond donors (Lipinski definition) is 2. The third-order valence-corrected chi connectivity index (χ3v) is 3.98. The highest BCUT2D eigenvalue weighted by Crippen LogP contribution is 2.30. The van der Waals surface area contributed by atoms with Crippen molar-refractivity contribution in [3.63, 3.8) is 0 Å². The minimum atomic E-state index is 0.330. The lowest BCUT2D eigenvalue weighted by Crippen LogP contribution is -2.24. The summed E-state index contributed by atoms with van der Waals surface area (Å²) in [5.41, 5.74) is 5.73. The van der Waals surface area contributed by atoms with Crippen LogP contribution < -0.4 is 16.0 Å². The highest BCUT2D eigenvalue weighted by molar-refractivity contribution is 6.35. The molecule has 0 aliphatic carbocycles. The van der Waals surface area contributed by atoms with Gasteiger partial charge in [0.1, 0.15) is 23.0 Å². The molecular weight excluding hydrogens is 288 g/mol. The first kappa shape index (κ1) is 13.9. The van der Waals surface area contributed by atoms with Gasteiger partial charge in [-0.3, -0.25) is 0 Å². The molecule has 7 heteroatoms. The first-order chi connectivity index (χ1) is 10.2. The quantitative estimate of drug-likeness (QED) is 0.900. The van der Waals surface area contributed by atoms with Gasteiger partial charge in [-0.05, 0) is 24.5 Å². The number of nitrogens with two attached hydrogens (primary N) is 1. The zero-order chi connectivity index (χ0) is 14.7. The first-order valence-corrected chi connectivity index (χ1v) is 7.27. The van der Waals surface area contributed by atoms with E-state index in [0.29, 0.717) is 16.8 Å². The largest absolute Gasteiger partial charge is 0.382 e. The van der Waals surface area contributed by atoms with E-state index >= 15 is 0 Å². The van der Waals surface area contributed by atoms with Crippen molar-refractivity contribution in [2.75, 3.05) is 35.6 Å². The van der Waals surface area contributed by atoms with Crippen LogP contribution in [-0.4, -0.2) is 34.6 Å². The zero-order valence-corrected chi connectivity index (χ0v) is 12.3. The standard InChI is InChI=1S/C14H17ClN6/c15-12-13(16)19-9-20-14(12)21-6-4-10(8-21)7-18-11-3-1-2-5-17-11/h1-3,5,9-10H,4,6-8H2,(H,17,18)(H2,16,19,20)/t10-/m1/s1.